The SMILES string of the molecule is CCCCC(CCC)NC(=O)c1cccc(Cl)c1N. The van der Waals surface area contributed by atoms with Gasteiger partial charge in [-0.1, -0.05) is 50.8 Å². The molecule has 3 nitrogen and oxygen atoms in total. The fourth-order valence-electron chi connectivity index (χ4n) is 2.09. The molecule has 0 aliphatic carbocycles. The zero-order chi connectivity index (χ0) is 14.3. The molecule has 1 aromatic carbocycles. The van der Waals surface area contributed by atoms with Gasteiger partial charge in [0.2, 0.25) is 0 Å². The van der Waals surface area contributed by atoms with E-state index in [1.807, 2.05) is 0 Å². The number of nitrogen functional groups attached to an aromatic ring is 1. The minimum Gasteiger partial charge on any atom is -0.397 e. The van der Waals surface area contributed by atoms with Crippen LogP contribution in [0, 0.1) is 0 Å². The number of amides is 1. The molecule has 0 aliphatic heterocycles. The van der Waals surface area contributed by atoms with Crippen molar-refractivity contribution in [1.29, 1.82) is 0 Å². The van der Waals surface area contributed by atoms with Crippen LogP contribution < -0.4 is 11.1 Å². The minimum absolute atomic E-state index is 0.130. The van der Waals surface area contributed by atoms with Crippen molar-refractivity contribution in [1.82, 2.24) is 5.32 Å². The Morgan fingerprint density at radius 2 is 2.05 bits per heavy atom. The van der Waals surface area contributed by atoms with Gasteiger partial charge in [-0.3, -0.25) is 4.79 Å². The van der Waals surface area contributed by atoms with E-state index < -0.39 is 0 Å². The van der Waals surface area contributed by atoms with E-state index in [1.54, 1.807) is 18.2 Å². The number of nitrogens with two attached hydrogens (primary N) is 1. The Hall–Kier alpha value is -1.22. The molecule has 0 saturated carbocycles. The maximum absolute atomic E-state index is 12.2. The fraction of sp³-hybridized carbons (Fsp3) is 0.533. The van der Waals surface area contributed by atoms with Gasteiger partial charge in [0.15, 0.2) is 0 Å². The predicted octanol–water partition coefficient (Wildman–Crippen LogP) is 4.01. The summed E-state index contributed by atoms with van der Waals surface area (Å²) in [6.07, 6.45) is 5.31. The summed E-state index contributed by atoms with van der Waals surface area (Å²) < 4.78 is 0. The highest BCUT2D eigenvalue weighted by Crippen LogP contribution is 2.22. The number of benzene rings is 1. The van der Waals surface area contributed by atoms with Crippen LogP contribution in [-0.4, -0.2) is 11.9 Å². The highest BCUT2D eigenvalue weighted by atomic mass is 35.5. The first kappa shape index (κ1) is 15.8. The van der Waals surface area contributed by atoms with E-state index in [4.69, 9.17) is 17.3 Å². The number of hydrogen-bond acceptors (Lipinski definition) is 2. The Kier molecular flexibility index (Phi) is 6.71. The van der Waals surface area contributed by atoms with Gasteiger partial charge in [-0.05, 0) is 25.0 Å². The van der Waals surface area contributed by atoms with E-state index in [1.165, 1.54) is 0 Å². The fourth-order valence-corrected chi connectivity index (χ4v) is 2.26. The third-order valence-electron chi connectivity index (χ3n) is 3.18. The van der Waals surface area contributed by atoms with Crippen LogP contribution in [0.5, 0.6) is 0 Å². The summed E-state index contributed by atoms with van der Waals surface area (Å²) in [4.78, 5) is 12.2. The Labute approximate surface area is 120 Å². The molecule has 1 aromatic rings. The lowest BCUT2D eigenvalue weighted by molar-refractivity contribution is 0.0933. The topological polar surface area (TPSA) is 55.1 Å². The van der Waals surface area contributed by atoms with Gasteiger partial charge >= 0.3 is 0 Å². The average molecular weight is 283 g/mol. The minimum atomic E-state index is -0.130. The van der Waals surface area contributed by atoms with Crippen LogP contribution in [-0.2, 0) is 0 Å². The van der Waals surface area contributed by atoms with Gasteiger partial charge in [-0.25, -0.2) is 0 Å². The third-order valence-corrected chi connectivity index (χ3v) is 3.51. The molecule has 0 spiro atoms. The lowest BCUT2D eigenvalue weighted by Gasteiger charge is -2.18. The van der Waals surface area contributed by atoms with Crippen LogP contribution in [0.3, 0.4) is 0 Å². The highest BCUT2D eigenvalue weighted by Gasteiger charge is 2.15. The Bertz CT molecular complexity index is 421. The summed E-state index contributed by atoms with van der Waals surface area (Å²) in [6.45, 7) is 4.28. The molecule has 0 aliphatic rings. The molecule has 0 aromatic heterocycles. The number of anilines is 1. The molecular weight excluding hydrogens is 260 g/mol. The molecule has 0 heterocycles. The first-order valence-electron chi connectivity index (χ1n) is 6.95. The van der Waals surface area contributed by atoms with E-state index in [9.17, 15) is 4.79 Å². The molecule has 19 heavy (non-hydrogen) atoms. The van der Waals surface area contributed by atoms with Crippen LogP contribution in [0.1, 0.15) is 56.3 Å². The normalized spacial score (nSPS) is 12.2. The molecule has 1 rings (SSSR count). The first-order valence-corrected chi connectivity index (χ1v) is 7.32. The van der Waals surface area contributed by atoms with Gasteiger partial charge < -0.3 is 11.1 Å². The van der Waals surface area contributed by atoms with E-state index in [0.29, 0.717) is 16.3 Å². The Morgan fingerprint density at radius 3 is 2.68 bits per heavy atom. The molecule has 0 saturated heterocycles. The van der Waals surface area contributed by atoms with Crippen molar-refractivity contribution in [3.63, 3.8) is 0 Å². The molecule has 1 atom stereocenters. The Morgan fingerprint density at radius 1 is 1.32 bits per heavy atom. The lowest BCUT2D eigenvalue weighted by atomic mass is 10.0. The van der Waals surface area contributed by atoms with Crippen LogP contribution in [0.15, 0.2) is 18.2 Å². The molecule has 3 N–H and O–H groups in total. The van der Waals surface area contributed by atoms with Crippen molar-refractivity contribution >= 4 is 23.2 Å². The number of rotatable bonds is 7. The summed E-state index contributed by atoms with van der Waals surface area (Å²) in [5.74, 6) is -0.130. The number of halogens is 1. The number of carbonyl (C=O) groups is 1. The van der Waals surface area contributed by atoms with Gasteiger partial charge in [0.25, 0.3) is 5.91 Å². The molecule has 0 fully saturated rings. The number of para-hydroxylation sites is 1. The standard InChI is InChI=1S/C15H23ClN2O/c1-3-5-8-11(7-4-2)18-15(19)12-9-6-10-13(16)14(12)17/h6,9-11H,3-5,7-8,17H2,1-2H3,(H,18,19). The quantitative estimate of drug-likeness (QED) is 0.743. The van der Waals surface area contributed by atoms with Crippen molar-refractivity contribution in [2.45, 2.75) is 52.0 Å². The molecule has 4 heteroatoms. The average Bonchev–Trinajstić information content (AvgIpc) is 2.39. The zero-order valence-electron chi connectivity index (χ0n) is 11.7. The van der Waals surface area contributed by atoms with Gasteiger partial charge in [0.1, 0.15) is 0 Å². The maximum atomic E-state index is 12.2. The molecule has 0 bridgehead atoms. The second kappa shape index (κ2) is 8.05. The smallest absolute Gasteiger partial charge is 0.253 e. The predicted molar refractivity (Wildman–Crippen MR) is 81.6 cm³/mol. The van der Waals surface area contributed by atoms with Gasteiger partial charge in [0.05, 0.1) is 16.3 Å². The number of unbranched alkanes of at least 4 members (excludes halogenated alkanes) is 1. The van der Waals surface area contributed by atoms with Crippen LogP contribution in [0.25, 0.3) is 0 Å². The molecule has 1 unspecified atom stereocenters. The molecule has 1 amide bonds. The summed E-state index contributed by atoms with van der Waals surface area (Å²) in [7, 11) is 0. The van der Waals surface area contributed by atoms with Crippen molar-refractivity contribution in [2.24, 2.45) is 0 Å². The highest BCUT2D eigenvalue weighted by molar-refractivity contribution is 6.33. The van der Waals surface area contributed by atoms with Gasteiger partial charge in [-0.15, -0.1) is 0 Å². The second-order valence-corrected chi connectivity index (χ2v) is 5.21. The van der Waals surface area contributed by atoms with Gasteiger partial charge in [-0.2, -0.15) is 0 Å². The van der Waals surface area contributed by atoms with Crippen LogP contribution in [0.4, 0.5) is 5.69 Å². The first-order chi connectivity index (χ1) is 9.10. The third kappa shape index (κ3) is 4.75. The van der Waals surface area contributed by atoms with E-state index >= 15 is 0 Å². The molecule has 106 valence electrons. The van der Waals surface area contributed by atoms with E-state index in [-0.39, 0.29) is 11.9 Å². The summed E-state index contributed by atoms with van der Waals surface area (Å²) in [6, 6.07) is 5.36. The van der Waals surface area contributed by atoms with Crippen molar-refractivity contribution in [3.05, 3.63) is 28.8 Å². The summed E-state index contributed by atoms with van der Waals surface area (Å²) >= 11 is 5.93. The molecular formula is C15H23ClN2O. The Balaban J connectivity index is 2.72. The maximum Gasteiger partial charge on any atom is 0.253 e. The number of nitrogens with one attached hydrogen (secondary N) is 1. The van der Waals surface area contributed by atoms with Crippen molar-refractivity contribution in [3.8, 4) is 0 Å². The number of carbonyl (C=O) groups excluding carboxylic acids is 1. The van der Waals surface area contributed by atoms with Crippen molar-refractivity contribution < 1.29 is 4.79 Å². The van der Waals surface area contributed by atoms with Gasteiger partial charge in [0, 0.05) is 6.04 Å². The zero-order valence-corrected chi connectivity index (χ0v) is 12.5. The summed E-state index contributed by atoms with van der Waals surface area (Å²) in [5, 5.41) is 3.48. The largest absolute Gasteiger partial charge is 0.397 e. The summed E-state index contributed by atoms with van der Waals surface area (Å²) in [5.41, 5.74) is 6.66. The second-order valence-electron chi connectivity index (χ2n) is 4.80. The monoisotopic (exact) mass is 282 g/mol. The van der Waals surface area contributed by atoms with Crippen LogP contribution >= 0.6 is 11.6 Å². The van der Waals surface area contributed by atoms with Crippen molar-refractivity contribution in [2.75, 3.05) is 5.73 Å². The lowest BCUT2D eigenvalue weighted by Crippen LogP contribution is -2.35. The molecule has 0 radical (unpaired) electrons. The number of hydrogen-bond donors (Lipinski definition) is 2. The van der Waals surface area contributed by atoms with E-state index in [2.05, 4.69) is 19.2 Å². The van der Waals surface area contributed by atoms with Crippen LogP contribution in [0.2, 0.25) is 5.02 Å². The van der Waals surface area contributed by atoms with E-state index in [0.717, 1.165) is 32.1 Å².